The van der Waals surface area contributed by atoms with E-state index in [0.29, 0.717) is 13.0 Å². The number of carbonyl (C=O) groups excluding carboxylic acids is 1. The molecule has 4 nitrogen and oxygen atoms in total. The first-order valence-corrected chi connectivity index (χ1v) is 6.12. The van der Waals surface area contributed by atoms with Crippen molar-refractivity contribution in [3.8, 4) is 5.75 Å². The molecule has 0 saturated carbocycles. The van der Waals surface area contributed by atoms with Gasteiger partial charge in [-0.3, -0.25) is 4.79 Å². The van der Waals surface area contributed by atoms with Gasteiger partial charge in [-0.15, -0.1) is 0 Å². The van der Waals surface area contributed by atoms with E-state index < -0.39 is 5.54 Å². The van der Waals surface area contributed by atoms with Crippen LogP contribution in [0.15, 0.2) is 24.3 Å². The number of hydrogen-bond acceptors (Lipinski definition) is 4. The fraction of sp³-hybridized carbons (Fsp3) is 0.500. The SMILES string of the molecule is CNC1(CC(=O)OC)c2ccccc2OCC1C. The van der Waals surface area contributed by atoms with Gasteiger partial charge in [-0.25, -0.2) is 0 Å². The minimum atomic E-state index is -0.415. The molecule has 18 heavy (non-hydrogen) atoms. The van der Waals surface area contributed by atoms with Crippen molar-refractivity contribution in [2.75, 3.05) is 20.8 Å². The molecule has 0 bridgehead atoms. The number of hydrogen-bond donors (Lipinski definition) is 1. The average Bonchev–Trinajstić information content (AvgIpc) is 2.42. The molecule has 1 aromatic carbocycles. The standard InChI is InChI=1S/C14H19NO3/c1-10-9-18-12-7-5-4-6-11(12)14(10,15-2)8-13(16)17-3/h4-7,10,15H,8-9H2,1-3H3. The van der Waals surface area contributed by atoms with Crippen LogP contribution in [0, 0.1) is 5.92 Å². The zero-order valence-electron chi connectivity index (χ0n) is 11.0. The summed E-state index contributed by atoms with van der Waals surface area (Å²) in [6.45, 7) is 2.67. The third-order valence-corrected chi connectivity index (χ3v) is 3.79. The third-order valence-electron chi connectivity index (χ3n) is 3.79. The number of methoxy groups -OCH3 is 1. The van der Waals surface area contributed by atoms with Crippen LogP contribution in [-0.4, -0.2) is 26.7 Å². The highest BCUT2D eigenvalue weighted by atomic mass is 16.5. The second-order valence-electron chi connectivity index (χ2n) is 4.68. The quantitative estimate of drug-likeness (QED) is 0.828. The van der Waals surface area contributed by atoms with Gasteiger partial charge < -0.3 is 14.8 Å². The Hall–Kier alpha value is -1.55. The third kappa shape index (κ3) is 1.97. The van der Waals surface area contributed by atoms with Gasteiger partial charge in [0.2, 0.25) is 0 Å². The molecule has 98 valence electrons. The van der Waals surface area contributed by atoms with Gasteiger partial charge in [0.05, 0.1) is 25.7 Å². The van der Waals surface area contributed by atoms with Crippen LogP contribution >= 0.6 is 0 Å². The van der Waals surface area contributed by atoms with Crippen LogP contribution in [0.25, 0.3) is 0 Å². The summed E-state index contributed by atoms with van der Waals surface area (Å²) < 4.78 is 10.5. The van der Waals surface area contributed by atoms with E-state index in [0.717, 1.165) is 11.3 Å². The topological polar surface area (TPSA) is 47.6 Å². The lowest BCUT2D eigenvalue weighted by atomic mass is 9.75. The maximum absolute atomic E-state index is 11.7. The Bertz CT molecular complexity index is 446. The Morgan fingerprint density at radius 3 is 2.94 bits per heavy atom. The molecule has 1 aliphatic rings. The molecule has 2 rings (SSSR count). The molecule has 0 amide bonds. The summed E-state index contributed by atoms with van der Waals surface area (Å²) in [6.07, 6.45) is 0.307. The average molecular weight is 249 g/mol. The molecule has 1 N–H and O–H groups in total. The van der Waals surface area contributed by atoms with Crippen molar-refractivity contribution in [1.82, 2.24) is 5.32 Å². The summed E-state index contributed by atoms with van der Waals surface area (Å²) in [5.41, 5.74) is 0.610. The van der Waals surface area contributed by atoms with Crippen molar-refractivity contribution in [2.45, 2.75) is 18.9 Å². The molecule has 0 spiro atoms. The molecule has 2 unspecified atom stereocenters. The number of carbonyl (C=O) groups is 1. The Morgan fingerprint density at radius 2 is 2.28 bits per heavy atom. The van der Waals surface area contributed by atoms with E-state index in [1.54, 1.807) is 0 Å². The molecular formula is C14H19NO3. The molecular weight excluding hydrogens is 230 g/mol. The first-order valence-electron chi connectivity index (χ1n) is 6.12. The zero-order chi connectivity index (χ0) is 13.2. The normalized spacial score (nSPS) is 26.1. The summed E-state index contributed by atoms with van der Waals surface area (Å²) in [5.74, 6) is 0.818. The lowest BCUT2D eigenvalue weighted by Gasteiger charge is -2.43. The highest BCUT2D eigenvalue weighted by molar-refractivity contribution is 5.72. The largest absolute Gasteiger partial charge is 0.493 e. The number of ether oxygens (including phenoxy) is 2. The Labute approximate surface area is 107 Å². The van der Waals surface area contributed by atoms with Crippen LogP contribution in [0.2, 0.25) is 0 Å². The molecule has 0 aliphatic carbocycles. The van der Waals surface area contributed by atoms with Crippen LogP contribution < -0.4 is 10.1 Å². The lowest BCUT2D eigenvalue weighted by Crippen LogP contribution is -2.51. The van der Waals surface area contributed by atoms with Gasteiger partial charge in [0.1, 0.15) is 5.75 Å². The fourth-order valence-corrected chi connectivity index (χ4v) is 2.62. The van der Waals surface area contributed by atoms with Gasteiger partial charge in [0.25, 0.3) is 0 Å². The summed E-state index contributed by atoms with van der Waals surface area (Å²) in [6, 6.07) is 7.84. The molecule has 0 fully saturated rings. The predicted molar refractivity (Wildman–Crippen MR) is 68.5 cm³/mol. The van der Waals surface area contributed by atoms with Crippen molar-refractivity contribution in [2.24, 2.45) is 5.92 Å². The Morgan fingerprint density at radius 1 is 1.56 bits per heavy atom. The van der Waals surface area contributed by atoms with E-state index in [1.807, 2.05) is 31.3 Å². The zero-order valence-corrected chi connectivity index (χ0v) is 11.0. The van der Waals surface area contributed by atoms with Crippen molar-refractivity contribution < 1.29 is 14.3 Å². The van der Waals surface area contributed by atoms with Gasteiger partial charge >= 0.3 is 5.97 Å². The highest BCUT2D eigenvalue weighted by Gasteiger charge is 2.44. The number of rotatable bonds is 3. The second-order valence-corrected chi connectivity index (χ2v) is 4.68. The van der Waals surface area contributed by atoms with E-state index in [4.69, 9.17) is 9.47 Å². The maximum Gasteiger partial charge on any atom is 0.307 e. The summed E-state index contributed by atoms with van der Waals surface area (Å²) in [5, 5.41) is 3.31. The highest BCUT2D eigenvalue weighted by Crippen LogP contribution is 2.42. The number of fused-ring (bicyclic) bond motifs is 1. The monoisotopic (exact) mass is 249 g/mol. The van der Waals surface area contributed by atoms with Crippen LogP contribution in [0.1, 0.15) is 18.9 Å². The molecule has 1 aliphatic heterocycles. The molecule has 0 saturated heterocycles. The maximum atomic E-state index is 11.7. The number of benzene rings is 1. The predicted octanol–water partition coefficient (Wildman–Crippen LogP) is 1.69. The van der Waals surface area contributed by atoms with E-state index in [1.165, 1.54) is 7.11 Å². The van der Waals surface area contributed by atoms with Crippen molar-refractivity contribution >= 4 is 5.97 Å². The Balaban J connectivity index is 2.47. The van der Waals surface area contributed by atoms with Crippen LogP contribution in [0.4, 0.5) is 0 Å². The smallest absolute Gasteiger partial charge is 0.307 e. The van der Waals surface area contributed by atoms with Gasteiger partial charge in [0, 0.05) is 11.5 Å². The molecule has 4 heteroatoms. The van der Waals surface area contributed by atoms with Gasteiger partial charge in [-0.2, -0.15) is 0 Å². The van der Waals surface area contributed by atoms with E-state index >= 15 is 0 Å². The Kier molecular flexibility index (Phi) is 3.57. The van der Waals surface area contributed by atoms with Crippen molar-refractivity contribution in [3.05, 3.63) is 29.8 Å². The van der Waals surface area contributed by atoms with Gasteiger partial charge in [0.15, 0.2) is 0 Å². The minimum absolute atomic E-state index is 0.191. The summed E-state index contributed by atoms with van der Waals surface area (Å²) in [4.78, 5) is 11.7. The van der Waals surface area contributed by atoms with Crippen LogP contribution in [-0.2, 0) is 15.1 Å². The molecule has 0 radical (unpaired) electrons. The number of nitrogens with one attached hydrogen (secondary N) is 1. The van der Waals surface area contributed by atoms with Crippen LogP contribution in [0.3, 0.4) is 0 Å². The van der Waals surface area contributed by atoms with Crippen molar-refractivity contribution in [1.29, 1.82) is 0 Å². The second kappa shape index (κ2) is 4.98. The first-order chi connectivity index (χ1) is 8.64. The van der Waals surface area contributed by atoms with E-state index in [9.17, 15) is 4.79 Å². The number of para-hydroxylation sites is 1. The molecule has 1 aromatic rings. The summed E-state index contributed by atoms with van der Waals surface area (Å²) >= 11 is 0. The van der Waals surface area contributed by atoms with E-state index in [2.05, 4.69) is 12.2 Å². The lowest BCUT2D eigenvalue weighted by molar-refractivity contribution is -0.143. The summed E-state index contributed by atoms with van der Waals surface area (Å²) in [7, 11) is 3.29. The molecule has 2 atom stereocenters. The molecule has 0 aromatic heterocycles. The van der Waals surface area contributed by atoms with Crippen molar-refractivity contribution in [3.63, 3.8) is 0 Å². The fourth-order valence-electron chi connectivity index (χ4n) is 2.62. The van der Waals surface area contributed by atoms with Gasteiger partial charge in [-0.05, 0) is 13.1 Å². The minimum Gasteiger partial charge on any atom is -0.493 e. The first kappa shape index (κ1) is 12.9. The van der Waals surface area contributed by atoms with Gasteiger partial charge in [-0.1, -0.05) is 25.1 Å². The van der Waals surface area contributed by atoms with Crippen LogP contribution in [0.5, 0.6) is 5.75 Å². The number of esters is 1. The molecule has 1 heterocycles. The van der Waals surface area contributed by atoms with E-state index in [-0.39, 0.29) is 11.9 Å².